The number of ether oxygens (including phenoxy) is 2. The minimum Gasteiger partial charge on any atom is -0.468 e. The molecule has 2 heterocycles. The summed E-state index contributed by atoms with van der Waals surface area (Å²) in [6, 6.07) is 13.1. The van der Waals surface area contributed by atoms with Gasteiger partial charge in [-0.2, -0.15) is 0 Å². The van der Waals surface area contributed by atoms with Crippen LogP contribution in [-0.4, -0.2) is 60.1 Å². The Kier molecular flexibility index (Phi) is 10.7. The molecule has 0 saturated carbocycles. The van der Waals surface area contributed by atoms with Crippen LogP contribution in [0.5, 0.6) is 0 Å². The van der Waals surface area contributed by atoms with Crippen molar-refractivity contribution in [3.05, 3.63) is 118 Å². The van der Waals surface area contributed by atoms with E-state index in [0.717, 1.165) is 11.1 Å². The smallest absolute Gasteiger partial charge is 0.323 e. The molecule has 6 rings (SSSR count). The molecule has 8 atom stereocenters. The van der Waals surface area contributed by atoms with Crippen LogP contribution in [0.3, 0.4) is 0 Å². The molecule has 2 saturated heterocycles. The molecule has 4 aliphatic rings. The van der Waals surface area contributed by atoms with Crippen LogP contribution in [0, 0.1) is 23.7 Å². The van der Waals surface area contributed by atoms with Gasteiger partial charge in [0.2, 0.25) is 0 Å². The van der Waals surface area contributed by atoms with Crippen molar-refractivity contribution in [3.8, 4) is 0 Å². The Morgan fingerprint density at radius 1 is 0.609 bits per heavy atom. The number of hydrogen-bond donors (Lipinski definition) is 4. The van der Waals surface area contributed by atoms with Crippen LogP contribution in [-0.2, 0) is 19.1 Å². The molecule has 0 amide bonds. The number of rotatable bonds is 4. The summed E-state index contributed by atoms with van der Waals surface area (Å²) in [4.78, 5) is 24.3. The average Bonchev–Trinajstić information content (AvgIpc) is 3.34. The van der Waals surface area contributed by atoms with Gasteiger partial charge in [0.25, 0.3) is 0 Å². The van der Waals surface area contributed by atoms with Crippen LogP contribution >= 0.6 is 23.2 Å². The lowest BCUT2D eigenvalue weighted by molar-refractivity contribution is -0.145. The van der Waals surface area contributed by atoms with Crippen molar-refractivity contribution in [2.75, 3.05) is 14.2 Å². The number of carbonyl (C=O) groups is 2. The van der Waals surface area contributed by atoms with E-state index in [4.69, 9.17) is 32.7 Å². The zero-order valence-corrected chi connectivity index (χ0v) is 26.5. The lowest BCUT2D eigenvalue weighted by atomic mass is 9.76. The summed E-state index contributed by atoms with van der Waals surface area (Å²) in [7, 11) is 2.70. The lowest BCUT2D eigenvalue weighted by Gasteiger charge is -2.39. The van der Waals surface area contributed by atoms with Crippen molar-refractivity contribution < 1.29 is 29.5 Å². The second kappa shape index (κ2) is 14.9. The Balaban J connectivity index is 0.000000181. The van der Waals surface area contributed by atoms with Crippen LogP contribution in [0.25, 0.3) is 0 Å². The van der Waals surface area contributed by atoms with Gasteiger partial charge in [0.1, 0.15) is 12.1 Å². The Bertz CT molecular complexity index is 1480. The third kappa shape index (κ3) is 6.80. The molecule has 0 radical (unpaired) electrons. The van der Waals surface area contributed by atoms with Gasteiger partial charge in [0, 0.05) is 45.8 Å². The van der Waals surface area contributed by atoms with E-state index in [1.165, 1.54) is 14.2 Å². The fourth-order valence-corrected chi connectivity index (χ4v) is 6.65. The zero-order valence-electron chi connectivity index (χ0n) is 25.0. The molecule has 2 fully saturated rings. The molecule has 2 aromatic rings. The van der Waals surface area contributed by atoms with Gasteiger partial charge in [-0.3, -0.25) is 20.2 Å². The predicted molar refractivity (Wildman–Crippen MR) is 175 cm³/mol. The number of fused-ring (bicyclic) bond motifs is 4. The molecule has 4 bridgehead atoms. The van der Waals surface area contributed by atoms with Crippen molar-refractivity contribution in [2.24, 2.45) is 34.0 Å². The molecule has 0 aromatic heterocycles. The van der Waals surface area contributed by atoms with Crippen LogP contribution < -0.4 is 10.6 Å². The van der Waals surface area contributed by atoms with E-state index in [1.807, 2.05) is 72.9 Å². The van der Waals surface area contributed by atoms with E-state index >= 15 is 0 Å². The number of nitrogens with one attached hydrogen (secondary N) is 2. The number of nitrogens with zero attached hydrogens (tertiary/aromatic N) is 2. The maximum Gasteiger partial charge on any atom is 0.323 e. The van der Waals surface area contributed by atoms with E-state index in [2.05, 4.69) is 20.9 Å². The number of carbonyl (C=O) groups excluding carboxylic acids is 2. The fraction of sp³-hybridized carbons (Fsp3) is 0.294. The first-order valence-corrected chi connectivity index (χ1v) is 15.4. The highest BCUT2D eigenvalue weighted by atomic mass is 35.5. The first kappa shape index (κ1) is 33.2. The van der Waals surface area contributed by atoms with E-state index < -0.39 is 12.1 Å². The molecule has 2 aromatic carbocycles. The second-order valence-corrected chi connectivity index (χ2v) is 12.0. The maximum absolute atomic E-state index is 12.2. The number of allylic oxidation sites excluding steroid dienone is 4. The topological polar surface area (TPSA) is 142 Å². The number of piperidine rings is 2. The average molecular weight is 666 g/mol. The van der Waals surface area contributed by atoms with Crippen LogP contribution in [0.2, 0.25) is 10.0 Å². The summed E-state index contributed by atoms with van der Waals surface area (Å²) in [6.45, 7) is 0. The van der Waals surface area contributed by atoms with E-state index in [1.54, 1.807) is 24.3 Å². The van der Waals surface area contributed by atoms with Gasteiger partial charge < -0.3 is 19.9 Å². The molecule has 4 N–H and O–H groups in total. The molecule has 0 unspecified atom stereocenters. The molecule has 2 aliphatic heterocycles. The molecule has 2 aliphatic carbocycles. The highest BCUT2D eigenvalue weighted by Crippen LogP contribution is 2.38. The SMILES string of the molecule is COC(=O)[C@@H]1N[C@H](c2ccc(Cl)cc2)[C@@H]2C=CC=C[C@H]1/C2=N\O.COC(=O)[C@H]1N[C@@H](c2ccc(Cl)cc2)[C@H]2C=CC=C[C@@H]1/C2=N\O. The molecule has 10 nitrogen and oxygen atoms in total. The standard InChI is InChI=1S/2C17H17ClN2O3/c2*1-23-17(21)16-13-5-3-2-4-12(15(13)20-22)14(19-16)10-6-8-11(18)9-7-10/h2*2-9,12-14,16,19,22H,1H3/b2*20-15-/t2*12-,13-,14+,16+/m10/s1. The number of oxime groups is 2. The molecular formula is C34H34Cl2N4O6. The number of esters is 2. The number of halogens is 2. The summed E-state index contributed by atoms with van der Waals surface area (Å²) in [5.74, 6) is -1.81. The van der Waals surface area contributed by atoms with Crippen LogP contribution in [0.15, 0.2) is 107 Å². The Morgan fingerprint density at radius 3 is 1.24 bits per heavy atom. The van der Waals surface area contributed by atoms with Crippen LogP contribution in [0.1, 0.15) is 23.2 Å². The Hall–Kier alpha value is -4.22. The molecule has 46 heavy (non-hydrogen) atoms. The van der Waals surface area contributed by atoms with Crippen molar-refractivity contribution >= 4 is 46.6 Å². The number of benzene rings is 2. The van der Waals surface area contributed by atoms with Gasteiger partial charge in [-0.25, -0.2) is 0 Å². The maximum atomic E-state index is 12.2. The molecule has 240 valence electrons. The summed E-state index contributed by atoms with van der Waals surface area (Å²) < 4.78 is 9.81. The summed E-state index contributed by atoms with van der Waals surface area (Å²) >= 11 is 11.9. The normalized spacial score (nSPS) is 31.0. The fourth-order valence-electron chi connectivity index (χ4n) is 6.40. The number of methoxy groups -OCH3 is 2. The van der Waals surface area contributed by atoms with Crippen molar-refractivity contribution in [2.45, 2.75) is 24.2 Å². The third-order valence-corrected chi connectivity index (χ3v) is 9.12. The van der Waals surface area contributed by atoms with Gasteiger partial charge >= 0.3 is 11.9 Å². The van der Waals surface area contributed by atoms with Gasteiger partial charge in [-0.1, -0.05) is 106 Å². The van der Waals surface area contributed by atoms with E-state index in [9.17, 15) is 20.0 Å². The Labute approximate surface area is 276 Å². The number of hydrogen-bond acceptors (Lipinski definition) is 10. The minimum atomic E-state index is -0.612. The minimum absolute atomic E-state index is 0.165. The van der Waals surface area contributed by atoms with Gasteiger partial charge in [-0.05, 0) is 35.4 Å². The van der Waals surface area contributed by atoms with Crippen molar-refractivity contribution in [1.29, 1.82) is 0 Å². The largest absolute Gasteiger partial charge is 0.468 e. The summed E-state index contributed by atoms with van der Waals surface area (Å²) in [6.07, 6.45) is 15.1. The third-order valence-electron chi connectivity index (χ3n) is 8.62. The highest BCUT2D eigenvalue weighted by Gasteiger charge is 2.46. The van der Waals surface area contributed by atoms with Gasteiger partial charge in [0.05, 0.1) is 25.6 Å². The van der Waals surface area contributed by atoms with Gasteiger partial charge in [-0.15, -0.1) is 0 Å². The van der Waals surface area contributed by atoms with E-state index in [-0.39, 0.29) is 47.7 Å². The van der Waals surface area contributed by atoms with Gasteiger partial charge in [0.15, 0.2) is 0 Å². The molecule has 12 heteroatoms. The van der Waals surface area contributed by atoms with Crippen molar-refractivity contribution in [3.63, 3.8) is 0 Å². The van der Waals surface area contributed by atoms with Crippen molar-refractivity contribution in [1.82, 2.24) is 10.6 Å². The first-order valence-electron chi connectivity index (χ1n) is 14.6. The summed E-state index contributed by atoms with van der Waals surface area (Å²) in [5.41, 5.74) is 3.01. The second-order valence-electron chi connectivity index (χ2n) is 11.1. The van der Waals surface area contributed by atoms with Crippen LogP contribution in [0.4, 0.5) is 0 Å². The highest BCUT2D eigenvalue weighted by molar-refractivity contribution is 6.30. The lowest BCUT2D eigenvalue weighted by Crippen LogP contribution is -2.55. The monoisotopic (exact) mass is 664 g/mol. The Morgan fingerprint density at radius 2 is 0.935 bits per heavy atom. The zero-order chi connectivity index (χ0) is 32.8. The predicted octanol–water partition coefficient (Wildman–Crippen LogP) is 5.43. The van der Waals surface area contributed by atoms with E-state index in [0.29, 0.717) is 21.5 Å². The first-order chi connectivity index (χ1) is 22.3. The molecular weight excluding hydrogens is 631 g/mol. The summed E-state index contributed by atoms with van der Waals surface area (Å²) in [5, 5.41) is 34.0. The quantitative estimate of drug-likeness (QED) is 0.193. The molecule has 0 spiro atoms.